The van der Waals surface area contributed by atoms with E-state index in [4.69, 9.17) is 43.3 Å². The number of nitrogens with zero attached hydrogens (tertiary/aromatic N) is 8. The van der Waals surface area contributed by atoms with Crippen LogP contribution < -0.4 is 11.5 Å². The van der Waals surface area contributed by atoms with E-state index >= 15 is 0 Å². The van der Waals surface area contributed by atoms with E-state index in [1.54, 1.807) is 13.8 Å². The zero-order valence-corrected chi connectivity index (χ0v) is 25.5. The van der Waals surface area contributed by atoms with E-state index in [9.17, 15) is 23.8 Å². The molecule has 6 N–H and O–H groups in total. The number of terminal acetylenes is 2. The number of carbonyl (C=O) groups excluding carboxylic acids is 1. The molecular formula is C29H30F2N10O7. The Hall–Kier alpha value is -5.21. The summed E-state index contributed by atoms with van der Waals surface area (Å²) in [4.78, 5) is 35.9. The summed E-state index contributed by atoms with van der Waals surface area (Å²) < 4.78 is 54.1. The Bertz CT molecular complexity index is 1840. The summed E-state index contributed by atoms with van der Waals surface area (Å²) in [7, 11) is 0. The Morgan fingerprint density at radius 3 is 1.65 bits per heavy atom. The van der Waals surface area contributed by atoms with Gasteiger partial charge in [-0.3, -0.25) is 9.13 Å². The van der Waals surface area contributed by atoms with Gasteiger partial charge in [-0.05, 0) is 13.8 Å². The number of hydrogen-bond acceptors (Lipinski definition) is 15. The largest absolute Gasteiger partial charge is 0.508 e. The SMILES string of the molecule is C#CC1(CO)OC(n2cnc3c(N)nc(F)nc32)CC1C(C)OC(=O)OC(C)C1CC(n2cnc3c(N)nc(F)nc32)OC1(C#C)CO. The molecule has 0 radical (unpaired) electrons. The molecule has 4 aromatic rings. The molecular weight excluding hydrogens is 638 g/mol. The van der Waals surface area contributed by atoms with Crippen LogP contribution in [0.15, 0.2) is 12.7 Å². The monoisotopic (exact) mass is 668 g/mol. The molecule has 0 saturated carbocycles. The smallest absolute Gasteiger partial charge is 0.431 e. The van der Waals surface area contributed by atoms with Gasteiger partial charge >= 0.3 is 18.3 Å². The highest BCUT2D eigenvalue weighted by Gasteiger charge is 2.54. The van der Waals surface area contributed by atoms with Crippen LogP contribution in [0.1, 0.15) is 39.1 Å². The summed E-state index contributed by atoms with van der Waals surface area (Å²) in [6.45, 7) is 1.79. The van der Waals surface area contributed by atoms with Crippen molar-refractivity contribution in [3.63, 3.8) is 0 Å². The topological polar surface area (TPSA) is 234 Å². The number of halogens is 2. The molecule has 0 spiro atoms. The van der Waals surface area contributed by atoms with Crippen LogP contribution in [0, 0.1) is 48.7 Å². The molecule has 17 nitrogen and oxygen atoms in total. The standard InChI is InChI=1S/C29H30F2N10O7/c1-5-28(9-42)15(7-17(47-28)40-11-34-19-21(32)36-25(30)38-23(19)40)13(3)45-27(44)46-14(4)16-8-18(48-29(16,6-2)10-43)41-12-35-20-22(33)37-26(31)39-24(20)41/h1-2,11-18,42-43H,7-10H2,3-4H3,(H2,32,36,38)(H2,33,37,39). The molecule has 6 heterocycles. The molecule has 19 heteroatoms. The van der Waals surface area contributed by atoms with E-state index < -0.39 is 79.2 Å². The maximum atomic E-state index is 14.0. The molecule has 0 aromatic carbocycles. The Balaban J connectivity index is 1.18. The summed E-state index contributed by atoms with van der Waals surface area (Å²) in [6, 6.07) is 0. The molecule has 4 aromatic heterocycles. The van der Waals surface area contributed by atoms with E-state index in [1.807, 2.05) is 0 Å². The van der Waals surface area contributed by atoms with Crippen molar-refractivity contribution in [3.05, 3.63) is 24.8 Å². The summed E-state index contributed by atoms with van der Waals surface area (Å²) in [5.74, 6) is 3.00. The second-order valence-electron chi connectivity index (χ2n) is 11.5. The van der Waals surface area contributed by atoms with Crippen molar-refractivity contribution in [2.75, 3.05) is 24.7 Å². The van der Waals surface area contributed by atoms with Gasteiger partial charge in [0.1, 0.15) is 24.7 Å². The van der Waals surface area contributed by atoms with E-state index in [0.717, 1.165) is 0 Å². The van der Waals surface area contributed by atoms with Gasteiger partial charge in [0.05, 0.1) is 25.9 Å². The van der Waals surface area contributed by atoms with Crippen LogP contribution in [0.4, 0.5) is 25.2 Å². The third-order valence-corrected chi connectivity index (χ3v) is 8.92. The van der Waals surface area contributed by atoms with Crippen LogP contribution in [-0.2, 0) is 18.9 Å². The molecule has 2 aliphatic heterocycles. The number of carbonyl (C=O) groups is 1. The number of rotatable bonds is 8. The number of hydrogen-bond donors (Lipinski definition) is 4. The first-order valence-corrected chi connectivity index (χ1v) is 14.6. The molecule has 48 heavy (non-hydrogen) atoms. The fourth-order valence-corrected chi connectivity index (χ4v) is 6.48. The number of aromatic nitrogens is 8. The first kappa shape index (κ1) is 32.7. The van der Waals surface area contributed by atoms with Crippen molar-refractivity contribution in [2.45, 2.75) is 62.6 Å². The van der Waals surface area contributed by atoms with Gasteiger partial charge in [-0.1, -0.05) is 11.8 Å². The number of nitrogen functional groups attached to an aromatic ring is 2. The van der Waals surface area contributed by atoms with E-state index in [0.29, 0.717) is 0 Å². The maximum Gasteiger partial charge on any atom is 0.508 e. The average molecular weight is 669 g/mol. The lowest BCUT2D eigenvalue weighted by atomic mass is 9.84. The van der Waals surface area contributed by atoms with Crippen molar-refractivity contribution in [1.82, 2.24) is 39.0 Å². The van der Waals surface area contributed by atoms with Gasteiger partial charge < -0.3 is 40.6 Å². The third-order valence-electron chi connectivity index (χ3n) is 8.92. The molecule has 252 valence electrons. The lowest BCUT2D eigenvalue weighted by Gasteiger charge is -2.32. The molecule has 2 fully saturated rings. The Morgan fingerprint density at radius 1 is 0.896 bits per heavy atom. The van der Waals surface area contributed by atoms with Crippen LogP contribution in [0.25, 0.3) is 22.3 Å². The minimum absolute atomic E-state index is 0.0408. The lowest BCUT2D eigenvalue weighted by Crippen LogP contribution is -2.45. The highest BCUT2D eigenvalue weighted by molar-refractivity contribution is 5.82. The Kier molecular flexibility index (Phi) is 8.25. The molecule has 0 aliphatic carbocycles. The normalized spacial score (nSPS) is 28.2. The molecule has 6 rings (SSSR count). The highest BCUT2D eigenvalue weighted by Crippen LogP contribution is 2.46. The summed E-state index contributed by atoms with van der Waals surface area (Å²) >= 11 is 0. The molecule has 8 unspecified atom stereocenters. The van der Waals surface area contributed by atoms with Crippen LogP contribution in [0.5, 0.6) is 0 Å². The fourth-order valence-electron chi connectivity index (χ4n) is 6.48. The minimum Gasteiger partial charge on any atom is -0.431 e. The minimum atomic E-state index is -1.62. The predicted octanol–water partition coefficient (Wildman–Crippen LogP) is 0.838. The summed E-state index contributed by atoms with van der Waals surface area (Å²) in [5.41, 5.74) is 8.67. The van der Waals surface area contributed by atoms with Crippen molar-refractivity contribution < 1.29 is 42.7 Å². The molecule has 0 bridgehead atoms. The highest BCUT2D eigenvalue weighted by atomic mass is 19.1. The van der Waals surface area contributed by atoms with Crippen LogP contribution in [0.2, 0.25) is 0 Å². The number of fused-ring (bicyclic) bond motifs is 2. The van der Waals surface area contributed by atoms with Crippen LogP contribution in [-0.4, -0.2) is 92.0 Å². The average Bonchev–Trinajstić information content (AvgIpc) is 3.83. The van der Waals surface area contributed by atoms with Crippen molar-refractivity contribution in [2.24, 2.45) is 11.8 Å². The van der Waals surface area contributed by atoms with Gasteiger partial charge in [-0.15, -0.1) is 12.8 Å². The Labute approximate surface area is 270 Å². The van der Waals surface area contributed by atoms with Crippen molar-refractivity contribution in [3.8, 4) is 24.7 Å². The van der Waals surface area contributed by atoms with Gasteiger partial charge in [0.15, 0.2) is 45.2 Å². The quantitative estimate of drug-likeness (QED) is 0.116. The molecule has 0 amide bonds. The molecule has 8 atom stereocenters. The molecule has 2 saturated heterocycles. The second kappa shape index (κ2) is 12.1. The van der Waals surface area contributed by atoms with Gasteiger partial charge in [-0.2, -0.15) is 28.7 Å². The maximum absolute atomic E-state index is 14.0. The predicted molar refractivity (Wildman–Crippen MR) is 160 cm³/mol. The van der Waals surface area contributed by atoms with E-state index in [2.05, 4.69) is 41.7 Å². The van der Waals surface area contributed by atoms with Gasteiger partial charge in [0.25, 0.3) is 0 Å². The lowest BCUT2D eigenvalue weighted by molar-refractivity contribution is -0.102. The summed E-state index contributed by atoms with van der Waals surface area (Å²) in [5, 5.41) is 20.6. The zero-order valence-electron chi connectivity index (χ0n) is 25.5. The summed E-state index contributed by atoms with van der Waals surface area (Å²) in [6.07, 6.45) is 7.40. The van der Waals surface area contributed by atoms with Crippen molar-refractivity contribution in [1.29, 1.82) is 0 Å². The Morgan fingerprint density at radius 2 is 1.29 bits per heavy atom. The third kappa shape index (κ3) is 5.26. The second-order valence-corrected chi connectivity index (χ2v) is 11.5. The fraction of sp³-hybridized carbons (Fsp3) is 0.483. The number of aliphatic hydroxyl groups excluding tert-OH is 2. The number of aliphatic hydroxyl groups is 2. The van der Waals surface area contributed by atoms with E-state index in [-0.39, 0.29) is 46.8 Å². The van der Waals surface area contributed by atoms with Gasteiger partial charge in [0.2, 0.25) is 0 Å². The number of nitrogens with two attached hydrogens (primary N) is 2. The number of ether oxygens (including phenoxy) is 4. The number of anilines is 2. The molecule has 2 aliphatic rings. The van der Waals surface area contributed by atoms with Gasteiger partial charge in [0, 0.05) is 24.7 Å². The first-order valence-electron chi connectivity index (χ1n) is 14.6. The van der Waals surface area contributed by atoms with E-state index in [1.165, 1.54) is 21.8 Å². The number of imidazole rings is 2. The van der Waals surface area contributed by atoms with Gasteiger partial charge in [-0.25, -0.2) is 14.8 Å². The first-order chi connectivity index (χ1) is 22.9. The van der Waals surface area contributed by atoms with Crippen LogP contribution in [0.3, 0.4) is 0 Å². The zero-order chi connectivity index (χ0) is 34.5. The van der Waals surface area contributed by atoms with Crippen LogP contribution >= 0.6 is 0 Å². The van der Waals surface area contributed by atoms with Crippen molar-refractivity contribution >= 4 is 40.1 Å².